The number of nitrogens with zero attached hydrogens (tertiary/aromatic N) is 3. The fraction of sp³-hybridized carbons (Fsp3) is 0.417. The lowest BCUT2D eigenvalue weighted by atomic mass is 10.1. The molecule has 0 spiro atoms. The summed E-state index contributed by atoms with van der Waals surface area (Å²) >= 11 is 0. The number of imide groups is 1. The smallest absolute Gasteiger partial charge is 0.251 e. The summed E-state index contributed by atoms with van der Waals surface area (Å²) in [5.41, 5.74) is 3.17. The highest BCUT2D eigenvalue weighted by atomic mass is 16.2. The van der Waals surface area contributed by atoms with E-state index in [1.54, 1.807) is 0 Å². The second kappa shape index (κ2) is 8.78. The van der Waals surface area contributed by atoms with Gasteiger partial charge in [-0.2, -0.15) is 0 Å². The van der Waals surface area contributed by atoms with Gasteiger partial charge in [0.15, 0.2) is 0 Å². The van der Waals surface area contributed by atoms with Crippen LogP contribution in [0.5, 0.6) is 0 Å². The molecule has 0 N–H and O–H groups in total. The summed E-state index contributed by atoms with van der Waals surface area (Å²) in [6.45, 7) is 5.50. The van der Waals surface area contributed by atoms with Crippen molar-refractivity contribution in [2.75, 3.05) is 36.0 Å². The minimum atomic E-state index is -0.333. The number of benzene rings is 2. The minimum absolute atomic E-state index is 0.0792. The van der Waals surface area contributed by atoms with Crippen LogP contribution in [-0.4, -0.2) is 48.9 Å². The van der Waals surface area contributed by atoms with Crippen LogP contribution in [0.3, 0.4) is 0 Å². The predicted molar refractivity (Wildman–Crippen MR) is 116 cm³/mol. The molecule has 1 unspecified atom stereocenters. The first-order chi connectivity index (χ1) is 14.2. The molecule has 5 nitrogen and oxygen atoms in total. The van der Waals surface area contributed by atoms with Gasteiger partial charge in [-0.05, 0) is 42.7 Å². The second-order valence-corrected chi connectivity index (χ2v) is 7.92. The van der Waals surface area contributed by atoms with Crippen LogP contribution in [-0.2, 0) is 16.0 Å². The van der Waals surface area contributed by atoms with E-state index < -0.39 is 0 Å². The molecular formula is C24H29N3O2. The van der Waals surface area contributed by atoms with E-state index in [9.17, 15) is 9.59 Å². The number of aryl methyl sites for hydroxylation is 1. The maximum Gasteiger partial charge on any atom is 0.251 e. The number of unbranched alkanes of at least 4 members (excludes halogenated alkanes) is 1. The normalized spacial score (nSPS) is 20.5. The average molecular weight is 392 g/mol. The van der Waals surface area contributed by atoms with Gasteiger partial charge in [0, 0.05) is 31.9 Å². The minimum Gasteiger partial charge on any atom is -0.369 e. The summed E-state index contributed by atoms with van der Waals surface area (Å²) in [5, 5.41) is 0. The van der Waals surface area contributed by atoms with Gasteiger partial charge < -0.3 is 4.90 Å². The van der Waals surface area contributed by atoms with Gasteiger partial charge >= 0.3 is 0 Å². The van der Waals surface area contributed by atoms with Crippen LogP contribution < -0.4 is 9.80 Å². The SMILES string of the molecule is CCCCc1ccc(N2C(=O)CC(N3CCN(c4ccccc4)CC3)C2=O)cc1. The van der Waals surface area contributed by atoms with Crippen molar-refractivity contribution >= 4 is 23.2 Å². The quantitative estimate of drug-likeness (QED) is 0.707. The van der Waals surface area contributed by atoms with Crippen LogP contribution in [0, 0.1) is 0 Å². The standard InChI is InChI=1S/C24H29N3O2/c1-2-3-7-19-10-12-21(13-11-19)27-23(28)18-22(24(27)29)26-16-14-25(15-17-26)20-8-5-4-6-9-20/h4-6,8-13,22H,2-3,7,14-18H2,1H3. The van der Waals surface area contributed by atoms with Gasteiger partial charge in [-0.3, -0.25) is 14.5 Å². The van der Waals surface area contributed by atoms with Crippen LogP contribution in [0.4, 0.5) is 11.4 Å². The van der Waals surface area contributed by atoms with Crippen molar-refractivity contribution in [2.24, 2.45) is 0 Å². The van der Waals surface area contributed by atoms with Crippen LogP contribution in [0.25, 0.3) is 0 Å². The van der Waals surface area contributed by atoms with Crippen molar-refractivity contribution in [2.45, 2.75) is 38.6 Å². The monoisotopic (exact) mass is 391 g/mol. The van der Waals surface area contributed by atoms with Crippen molar-refractivity contribution in [3.8, 4) is 0 Å². The molecule has 2 aromatic rings. The van der Waals surface area contributed by atoms with Gasteiger partial charge in [0.1, 0.15) is 0 Å². The third kappa shape index (κ3) is 4.20. The third-order valence-corrected chi connectivity index (χ3v) is 6.01. The molecule has 2 aliphatic heterocycles. The summed E-state index contributed by atoms with van der Waals surface area (Å²) in [6, 6.07) is 17.9. The lowest BCUT2D eigenvalue weighted by Crippen LogP contribution is -2.52. The molecule has 0 saturated carbocycles. The highest BCUT2D eigenvalue weighted by molar-refractivity contribution is 6.22. The molecule has 2 saturated heterocycles. The van der Waals surface area contributed by atoms with E-state index in [2.05, 4.69) is 28.9 Å². The summed E-state index contributed by atoms with van der Waals surface area (Å²) in [4.78, 5) is 31.6. The molecule has 29 heavy (non-hydrogen) atoms. The van der Waals surface area contributed by atoms with Crippen molar-refractivity contribution in [3.63, 3.8) is 0 Å². The lowest BCUT2D eigenvalue weighted by molar-refractivity contribution is -0.123. The molecular weight excluding hydrogens is 362 g/mol. The van der Waals surface area contributed by atoms with E-state index >= 15 is 0 Å². The Morgan fingerprint density at radius 3 is 2.21 bits per heavy atom. The molecule has 152 valence electrons. The Kier molecular flexibility index (Phi) is 5.95. The lowest BCUT2D eigenvalue weighted by Gasteiger charge is -2.38. The Bertz CT molecular complexity index is 842. The molecule has 2 aliphatic rings. The third-order valence-electron chi connectivity index (χ3n) is 6.01. The van der Waals surface area contributed by atoms with Crippen molar-refractivity contribution in [1.82, 2.24) is 4.90 Å². The fourth-order valence-electron chi connectivity index (χ4n) is 4.30. The number of carbonyl (C=O) groups is 2. The van der Waals surface area contributed by atoms with E-state index in [-0.39, 0.29) is 24.3 Å². The zero-order chi connectivity index (χ0) is 20.2. The molecule has 0 aromatic heterocycles. The first kappa shape index (κ1) is 19.6. The number of rotatable bonds is 6. The largest absolute Gasteiger partial charge is 0.369 e. The average Bonchev–Trinajstić information content (AvgIpc) is 3.07. The molecule has 0 aliphatic carbocycles. The number of piperazine rings is 1. The van der Waals surface area contributed by atoms with Gasteiger partial charge in [0.2, 0.25) is 5.91 Å². The number of anilines is 2. The Hall–Kier alpha value is -2.66. The fourth-order valence-corrected chi connectivity index (χ4v) is 4.30. The zero-order valence-corrected chi connectivity index (χ0v) is 17.1. The predicted octanol–water partition coefficient (Wildman–Crippen LogP) is 3.48. The topological polar surface area (TPSA) is 43.9 Å². The van der Waals surface area contributed by atoms with Crippen LogP contribution in [0.1, 0.15) is 31.7 Å². The molecule has 2 amide bonds. The van der Waals surface area contributed by atoms with Gasteiger partial charge in [0.25, 0.3) is 5.91 Å². The molecule has 0 radical (unpaired) electrons. The van der Waals surface area contributed by atoms with E-state index in [1.807, 2.05) is 42.5 Å². The maximum absolute atomic E-state index is 13.1. The molecule has 2 heterocycles. The van der Waals surface area contributed by atoms with Gasteiger partial charge in [-0.25, -0.2) is 4.90 Å². The summed E-state index contributed by atoms with van der Waals surface area (Å²) < 4.78 is 0. The van der Waals surface area contributed by atoms with Crippen LogP contribution in [0.2, 0.25) is 0 Å². The molecule has 5 heteroatoms. The van der Waals surface area contributed by atoms with Crippen molar-refractivity contribution in [3.05, 3.63) is 60.2 Å². The number of carbonyl (C=O) groups excluding carboxylic acids is 2. The van der Waals surface area contributed by atoms with Crippen molar-refractivity contribution in [1.29, 1.82) is 0 Å². The van der Waals surface area contributed by atoms with Crippen molar-refractivity contribution < 1.29 is 9.59 Å². The van der Waals surface area contributed by atoms with E-state index in [1.165, 1.54) is 16.2 Å². The first-order valence-corrected chi connectivity index (χ1v) is 10.7. The van der Waals surface area contributed by atoms with E-state index in [4.69, 9.17) is 0 Å². The number of hydrogen-bond acceptors (Lipinski definition) is 4. The van der Waals surface area contributed by atoms with E-state index in [0.717, 1.165) is 45.4 Å². The van der Waals surface area contributed by atoms with Crippen LogP contribution in [0.15, 0.2) is 54.6 Å². The number of para-hydroxylation sites is 1. The summed E-state index contributed by atoms with van der Waals surface area (Å²) in [5.74, 6) is -0.170. The molecule has 0 bridgehead atoms. The molecule has 1 atom stereocenters. The Labute approximate surface area is 172 Å². The highest BCUT2D eigenvalue weighted by Gasteiger charge is 2.43. The number of hydrogen-bond donors (Lipinski definition) is 0. The summed E-state index contributed by atoms with van der Waals surface area (Å²) in [6.07, 6.45) is 3.62. The Balaban J connectivity index is 1.39. The van der Waals surface area contributed by atoms with E-state index in [0.29, 0.717) is 5.69 Å². The zero-order valence-electron chi connectivity index (χ0n) is 17.1. The van der Waals surface area contributed by atoms with Crippen LogP contribution >= 0.6 is 0 Å². The Morgan fingerprint density at radius 2 is 1.55 bits per heavy atom. The van der Waals surface area contributed by atoms with Gasteiger partial charge in [0.05, 0.1) is 18.2 Å². The summed E-state index contributed by atoms with van der Waals surface area (Å²) in [7, 11) is 0. The number of amides is 2. The Morgan fingerprint density at radius 1 is 0.862 bits per heavy atom. The second-order valence-electron chi connectivity index (χ2n) is 7.92. The molecule has 2 fully saturated rings. The van der Waals surface area contributed by atoms with Gasteiger partial charge in [-0.15, -0.1) is 0 Å². The van der Waals surface area contributed by atoms with Gasteiger partial charge in [-0.1, -0.05) is 43.7 Å². The molecule has 4 rings (SSSR count). The highest BCUT2D eigenvalue weighted by Crippen LogP contribution is 2.27. The molecule has 2 aromatic carbocycles. The maximum atomic E-state index is 13.1. The first-order valence-electron chi connectivity index (χ1n) is 10.7.